The van der Waals surface area contributed by atoms with Crippen molar-refractivity contribution in [1.82, 2.24) is 24.8 Å². The molecule has 0 saturated carbocycles. The van der Waals surface area contributed by atoms with Gasteiger partial charge in [0.05, 0.1) is 11.0 Å². The fourth-order valence-corrected chi connectivity index (χ4v) is 3.53. The van der Waals surface area contributed by atoms with Crippen LogP contribution in [0.1, 0.15) is 29.6 Å². The lowest BCUT2D eigenvalue weighted by Gasteiger charge is -2.15. The van der Waals surface area contributed by atoms with Crippen LogP contribution < -0.4 is 10.6 Å². The molecule has 0 bridgehead atoms. The first-order chi connectivity index (χ1) is 14.1. The van der Waals surface area contributed by atoms with E-state index in [0.29, 0.717) is 36.8 Å². The molecule has 3 aromatic rings. The van der Waals surface area contributed by atoms with E-state index >= 15 is 0 Å². The molecule has 0 spiro atoms. The summed E-state index contributed by atoms with van der Waals surface area (Å²) in [6, 6.07) is 11.3. The summed E-state index contributed by atoms with van der Waals surface area (Å²) < 4.78 is 1.95. The second kappa shape index (κ2) is 8.30. The van der Waals surface area contributed by atoms with Crippen molar-refractivity contribution in [3.8, 4) is 0 Å². The minimum Gasteiger partial charge on any atom is -0.352 e. The normalized spacial score (nSPS) is 13.8. The molecular formula is C21H24N6O2. The van der Waals surface area contributed by atoms with Crippen LogP contribution in [-0.2, 0) is 11.8 Å². The molecule has 150 valence electrons. The highest BCUT2D eigenvalue weighted by Gasteiger charge is 2.19. The third-order valence-corrected chi connectivity index (χ3v) is 5.11. The van der Waals surface area contributed by atoms with Crippen LogP contribution in [0, 0.1) is 0 Å². The van der Waals surface area contributed by atoms with Gasteiger partial charge in [-0.1, -0.05) is 12.1 Å². The molecule has 0 aliphatic carbocycles. The third kappa shape index (κ3) is 4.21. The summed E-state index contributed by atoms with van der Waals surface area (Å²) >= 11 is 0. The summed E-state index contributed by atoms with van der Waals surface area (Å²) in [7, 11) is 1.93. The quantitative estimate of drug-likeness (QED) is 0.603. The van der Waals surface area contributed by atoms with Gasteiger partial charge in [0.2, 0.25) is 11.9 Å². The van der Waals surface area contributed by atoms with Crippen molar-refractivity contribution in [2.75, 3.05) is 25.0 Å². The predicted molar refractivity (Wildman–Crippen MR) is 111 cm³/mol. The molecule has 0 radical (unpaired) electrons. The zero-order valence-corrected chi connectivity index (χ0v) is 16.4. The highest BCUT2D eigenvalue weighted by atomic mass is 16.2. The number of carbonyl (C=O) groups excluding carboxylic acids is 2. The minimum atomic E-state index is -0.159. The smallest absolute Gasteiger partial charge is 0.251 e. The van der Waals surface area contributed by atoms with Crippen LogP contribution in [0.5, 0.6) is 0 Å². The van der Waals surface area contributed by atoms with Crippen molar-refractivity contribution < 1.29 is 9.59 Å². The van der Waals surface area contributed by atoms with Gasteiger partial charge >= 0.3 is 0 Å². The molecule has 1 saturated heterocycles. The number of hydrogen-bond acceptors (Lipinski definition) is 5. The van der Waals surface area contributed by atoms with E-state index in [1.165, 1.54) is 0 Å². The third-order valence-electron chi connectivity index (χ3n) is 5.11. The number of aromatic nitrogens is 3. The summed E-state index contributed by atoms with van der Waals surface area (Å²) in [5, 5.41) is 6.09. The maximum Gasteiger partial charge on any atom is 0.251 e. The van der Waals surface area contributed by atoms with Gasteiger partial charge in [-0.25, -0.2) is 9.97 Å². The number of anilines is 2. The first kappa shape index (κ1) is 18.9. The van der Waals surface area contributed by atoms with Gasteiger partial charge in [0, 0.05) is 44.9 Å². The molecular weight excluding hydrogens is 368 g/mol. The number of likely N-dealkylation sites (tertiary alicyclic amines) is 1. The van der Waals surface area contributed by atoms with Gasteiger partial charge < -0.3 is 20.1 Å². The maximum absolute atomic E-state index is 12.4. The van der Waals surface area contributed by atoms with Crippen molar-refractivity contribution in [3.05, 3.63) is 48.2 Å². The summed E-state index contributed by atoms with van der Waals surface area (Å²) in [5.74, 6) is 1.27. The Morgan fingerprint density at radius 3 is 2.90 bits per heavy atom. The number of amides is 2. The Morgan fingerprint density at radius 1 is 1.24 bits per heavy atom. The van der Waals surface area contributed by atoms with Crippen LogP contribution in [0.2, 0.25) is 0 Å². The van der Waals surface area contributed by atoms with Crippen LogP contribution >= 0.6 is 0 Å². The second-order valence-electron chi connectivity index (χ2n) is 7.13. The molecule has 0 unspecified atom stereocenters. The van der Waals surface area contributed by atoms with Crippen LogP contribution in [0.15, 0.2) is 42.6 Å². The summed E-state index contributed by atoms with van der Waals surface area (Å²) in [6.07, 6.45) is 3.92. The molecule has 3 heterocycles. The standard InChI is InChI=1S/C21H24N6O2/c1-26-17-7-3-2-6-16(17)24-21(26)25-18-14-15(9-11-22-18)20(29)23-10-5-13-27-12-4-8-19(27)28/h2-3,6-7,9,11,14H,4-5,8,10,12-13H2,1H3,(H,23,29)(H,22,24,25). The van der Waals surface area contributed by atoms with Crippen LogP contribution in [-0.4, -0.2) is 50.9 Å². The van der Waals surface area contributed by atoms with Gasteiger partial charge in [0.1, 0.15) is 5.82 Å². The van der Waals surface area contributed by atoms with Crippen LogP contribution in [0.4, 0.5) is 11.8 Å². The number of pyridine rings is 1. The number of carbonyl (C=O) groups is 2. The monoisotopic (exact) mass is 392 g/mol. The van der Waals surface area contributed by atoms with Gasteiger partial charge in [-0.15, -0.1) is 0 Å². The lowest BCUT2D eigenvalue weighted by molar-refractivity contribution is -0.127. The number of benzene rings is 1. The Bertz CT molecular complexity index is 1040. The Balaban J connectivity index is 1.35. The zero-order valence-electron chi connectivity index (χ0n) is 16.4. The average molecular weight is 392 g/mol. The van der Waals surface area contributed by atoms with Gasteiger partial charge in [-0.2, -0.15) is 0 Å². The molecule has 29 heavy (non-hydrogen) atoms. The lowest BCUT2D eigenvalue weighted by atomic mass is 10.2. The Labute approximate surface area is 168 Å². The van der Waals surface area contributed by atoms with Crippen LogP contribution in [0.25, 0.3) is 11.0 Å². The van der Waals surface area contributed by atoms with Crippen molar-refractivity contribution >= 4 is 34.6 Å². The molecule has 4 rings (SSSR count). The molecule has 2 N–H and O–H groups in total. The van der Waals surface area contributed by atoms with Crippen molar-refractivity contribution in [3.63, 3.8) is 0 Å². The Kier molecular flexibility index (Phi) is 5.41. The van der Waals surface area contributed by atoms with Gasteiger partial charge in [0.15, 0.2) is 0 Å². The number of aryl methyl sites for hydroxylation is 1. The highest BCUT2D eigenvalue weighted by Crippen LogP contribution is 2.20. The molecule has 1 aromatic carbocycles. The van der Waals surface area contributed by atoms with E-state index < -0.39 is 0 Å². The average Bonchev–Trinajstić information content (AvgIpc) is 3.28. The van der Waals surface area contributed by atoms with E-state index in [1.807, 2.05) is 40.8 Å². The zero-order chi connectivity index (χ0) is 20.2. The predicted octanol–water partition coefficient (Wildman–Crippen LogP) is 2.45. The molecule has 0 atom stereocenters. The maximum atomic E-state index is 12.4. The van der Waals surface area contributed by atoms with Gasteiger partial charge in [-0.05, 0) is 37.1 Å². The number of rotatable bonds is 7. The van der Waals surface area contributed by atoms with E-state index in [4.69, 9.17) is 0 Å². The first-order valence-electron chi connectivity index (χ1n) is 9.82. The highest BCUT2D eigenvalue weighted by molar-refractivity contribution is 5.95. The number of fused-ring (bicyclic) bond motifs is 1. The fraction of sp³-hybridized carbons (Fsp3) is 0.333. The first-order valence-corrected chi connectivity index (χ1v) is 9.82. The second-order valence-corrected chi connectivity index (χ2v) is 7.13. The SMILES string of the molecule is Cn1c(Nc2cc(C(=O)NCCCN3CCCC3=O)ccn2)nc2ccccc21. The molecule has 8 heteroatoms. The van der Waals surface area contributed by atoms with E-state index in [9.17, 15) is 9.59 Å². The van der Waals surface area contributed by atoms with Gasteiger partial charge in [-0.3, -0.25) is 9.59 Å². The number of nitrogens with one attached hydrogen (secondary N) is 2. The van der Waals surface area contributed by atoms with Crippen molar-refractivity contribution in [2.24, 2.45) is 7.05 Å². The van der Waals surface area contributed by atoms with E-state index in [-0.39, 0.29) is 11.8 Å². The number of imidazole rings is 1. The Hall–Kier alpha value is -3.42. The molecule has 1 fully saturated rings. The number of nitrogens with zero attached hydrogens (tertiary/aromatic N) is 4. The van der Waals surface area contributed by atoms with Crippen molar-refractivity contribution in [2.45, 2.75) is 19.3 Å². The lowest BCUT2D eigenvalue weighted by Crippen LogP contribution is -2.30. The molecule has 2 aromatic heterocycles. The topological polar surface area (TPSA) is 92.2 Å². The number of para-hydroxylation sites is 2. The van der Waals surface area contributed by atoms with Crippen molar-refractivity contribution in [1.29, 1.82) is 0 Å². The van der Waals surface area contributed by atoms with E-state index in [0.717, 1.165) is 30.4 Å². The van der Waals surface area contributed by atoms with Gasteiger partial charge in [0.25, 0.3) is 5.91 Å². The van der Waals surface area contributed by atoms with E-state index in [1.54, 1.807) is 18.3 Å². The minimum absolute atomic E-state index is 0.159. The van der Waals surface area contributed by atoms with Crippen LogP contribution in [0.3, 0.4) is 0 Å². The summed E-state index contributed by atoms with van der Waals surface area (Å²) in [5.41, 5.74) is 2.43. The molecule has 2 amide bonds. The fourth-order valence-electron chi connectivity index (χ4n) is 3.53. The number of hydrogen-bond donors (Lipinski definition) is 2. The molecule has 8 nitrogen and oxygen atoms in total. The Morgan fingerprint density at radius 2 is 2.10 bits per heavy atom. The summed E-state index contributed by atoms with van der Waals surface area (Å²) in [6.45, 7) is 2.04. The van der Waals surface area contributed by atoms with E-state index in [2.05, 4.69) is 20.6 Å². The molecule has 1 aliphatic rings. The molecule has 1 aliphatic heterocycles. The largest absolute Gasteiger partial charge is 0.352 e. The summed E-state index contributed by atoms with van der Waals surface area (Å²) in [4.78, 5) is 34.8.